The van der Waals surface area contributed by atoms with E-state index in [1.54, 1.807) is 13.8 Å². The Hall–Kier alpha value is -7.36. The molecule has 2 aliphatic rings. The minimum absolute atomic E-state index is 0. The second-order valence-corrected chi connectivity index (χ2v) is 10.4. The number of aromatic nitrogens is 3. The Bertz CT molecular complexity index is 2260. The van der Waals surface area contributed by atoms with Gasteiger partial charge in [-0.3, -0.25) is 0 Å². The molecule has 0 amide bonds. The summed E-state index contributed by atoms with van der Waals surface area (Å²) in [6.45, 7) is 5.40. The number of piperidine rings is 1. The molecule has 0 bridgehead atoms. The summed E-state index contributed by atoms with van der Waals surface area (Å²) < 4.78 is 2.07. The van der Waals surface area contributed by atoms with Crippen molar-refractivity contribution in [3.8, 4) is 107 Å². The SMILES string of the molecule is CC#CC#CC#CC#CC#CC#CC#CC#CC#CC.Cn1cnc2ccnc(N3CCC4(CC3)Cc3ccccc3[C@H]4N)c21.N=N/N=N/N.[HH].[HH].[HH].[HH].[HH].[HH].[HH].[HH]. The maximum Gasteiger partial charge on any atom is 0.154 e. The van der Waals surface area contributed by atoms with Crippen molar-refractivity contribution in [3.05, 3.63) is 54.0 Å². The summed E-state index contributed by atoms with van der Waals surface area (Å²) in [5.74, 6) is 51.0. The number of nitrogens with two attached hydrogens (primary N) is 2. The van der Waals surface area contributed by atoms with Gasteiger partial charge in [0.15, 0.2) is 5.82 Å². The number of fused-ring (bicyclic) bond motifs is 2. The van der Waals surface area contributed by atoms with Crippen LogP contribution in [-0.4, -0.2) is 27.6 Å². The van der Waals surface area contributed by atoms with Gasteiger partial charge < -0.3 is 21.0 Å². The van der Waals surface area contributed by atoms with E-state index in [1.807, 2.05) is 25.6 Å². The van der Waals surface area contributed by atoms with Gasteiger partial charge >= 0.3 is 0 Å². The lowest BCUT2D eigenvalue weighted by molar-refractivity contribution is 0.187. The first-order chi connectivity index (χ1) is 24.5. The quantitative estimate of drug-likeness (QED) is 0.131. The van der Waals surface area contributed by atoms with E-state index in [1.165, 1.54) is 11.1 Å². The molecule has 1 spiro atoms. The van der Waals surface area contributed by atoms with Gasteiger partial charge in [-0.25, -0.2) is 9.97 Å². The Morgan fingerprint density at radius 3 is 1.78 bits per heavy atom. The number of pyridine rings is 1. The molecule has 0 unspecified atom stereocenters. The van der Waals surface area contributed by atoms with Crippen LogP contribution in [0.25, 0.3) is 11.0 Å². The van der Waals surface area contributed by atoms with Crippen LogP contribution in [0.4, 0.5) is 5.82 Å². The van der Waals surface area contributed by atoms with Crippen molar-refractivity contribution in [2.45, 2.75) is 39.2 Å². The molecule has 5 rings (SSSR count). The summed E-state index contributed by atoms with van der Waals surface area (Å²) in [6, 6.07) is 10.8. The molecule has 1 atom stereocenters. The summed E-state index contributed by atoms with van der Waals surface area (Å²) in [5.41, 5.74) is 17.7. The Morgan fingerprint density at radius 2 is 1.32 bits per heavy atom. The Labute approximate surface area is 305 Å². The van der Waals surface area contributed by atoms with E-state index >= 15 is 0 Å². The summed E-state index contributed by atoms with van der Waals surface area (Å²) in [6.07, 6.45) is 7.07. The molecule has 3 heterocycles. The molecule has 1 fully saturated rings. The minimum Gasteiger partial charge on any atom is -0.355 e. The third-order valence-corrected chi connectivity index (χ3v) is 7.54. The van der Waals surface area contributed by atoms with Crippen LogP contribution in [0.2, 0.25) is 0 Å². The fraction of sp³-hybridized carbons (Fsp3) is 0.250. The van der Waals surface area contributed by atoms with E-state index in [-0.39, 0.29) is 22.9 Å². The fourth-order valence-electron chi connectivity index (χ4n) is 5.37. The van der Waals surface area contributed by atoms with Gasteiger partial charge in [-0.1, -0.05) is 41.3 Å². The van der Waals surface area contributed by atoms with E-state index in [4.69, 9.17) is 11.3 Å². The molecule has 50 heavy (non-hydrogen) atoms. The number of anilines is 1. The van der Waals surface area contributed by atoms with Crippen molar-refractivity contribution in [1.82, 2.24) is 14.5 Å². The van der Waals surface area contributed by atoms with Crippen molar-refractivity contribution in [2.75, 3.05) is 18.0 Å². The second-order valence-electron chi connectivity index (χ2n) is 10.4. The Morgan fingerprint density at radius 1 is 0.800 bits per heavy atom. The van der Waals surface area contributed by atoms with Gasteiger partial charge in [0.2, 0.25) is 0 Å². The lowest BCUT2D eigenvalue weighted by atomic mass is 9.73. The normalized spacial score (nSPS) is 13.4. The molecule has 10 nitrogen and oxygen atoms in total. The van der Waals surface area contributed by atoms with E-state index < -0.39 is 0 Å². The van der Waals surface area contributed by atoms with Gasteiger partial charge in [0, 0.05) is 43.8 Å². The number of imidazole rings is 1. The van der Waals surface area contributed by atoms with Gasteiger partial charge in [-0.15, -0.1) is 0 Å². The van der Waals surface area contributed by atoms with Crippen molar-refractivity contribution >= 4 is 16.9 Å². The molecule has 3 aromatic rings. The number of nitrogens with zero attached hydrogens (tertiary/aromatic N) is 7. The first-order valence-electron chi connectivity index (χ1n) is 15.2. The highest BCUT2D eigenvalue weighted by Gasteiger charge is 2.46. The highest BCUT2D eigenvalue weighted by molar-refractivity contribution is 5.86. The van der Waals surface area contributed by atoms with Gasteiger partial charge in [0.1, 0.15) is 5.52 Å². The third-order valence-electron chi connectivity index (χ3n) is 7.54. The molecule has 1 aliphatic carbocycles. The maximum atomic E-state index is 6.69. The average Bonchev–Trinajstić information content (AvgIpc) is 3.65. The molecule has 258 valence electrons. The molecular formula is C40H48N10. The summed E-state index contributed by atoms with van der Waals surface area (Å²) in [4.78, 5) is 11.5. The molecule has 1 aromatic carbocycles. The van der Waals surface area contributed by atoms with Crippen LogP contribution in [-0.2, 0) is 13.5 Å². The number of benzene rings is 1. The second kappa shape index (κ2) is 20.7. The van der Waals surface area contributed by atoms with Gasteiger partial charge in [-0.05, 0) is 161 Å². The summed E-state index contributed by atoms with van der Waals surface area (Å²) >= 11 is 0. The van der Waals surface area contributed by atoms with Crippen LogP contribution < -0.4 is 16.5 Å². The van der Waals surface area contributed by atoms with E-state index in [2.05, 4.69) is 172 Å². The van der Waals surface area contributed by atoms with E-state index in [0.29, 0.717) is 0 Å². The number of hydrogen-bond donors (Lipinski definition) is 3. The Balaban J connectivity index is -0.000000189. The first-order valence-corrected chi connectivity index (χ1v) is 15.2. The maximum absolute atomic E-state index is 6.69. The number of rotatable bonds is 2. The molecule has 0 saturated carbocycles. The number of hydrogen-bond acceptors (Lipinski definition) is 6. The lowest BCUT2D eigenvalue weighted by Crippen LogP contribution is -2.44. The van der Waals surface area contributed by atoms with Crippen molar-refractivity contribution in [2.24, 2.45) is 39.7 Å². The Kier molecular flexibility index (Phi) is 15.4. The lowest BCUT2D eigenvalue weighted by Gasteiger charge is -2.42. The van der Waals surface area contributed by atoms with E-state index in [0.717, 1.165) is 49.2 Å². The monoisotopic (exact) mass is 668 g/mol. The standard InChI is InChI=1S/C20H23N5.C20H6.H3N5.8H2/c1-24-13-23-16-6-9-22-19(17(16)24)25-10-7-20(8-11-25)12-14-4-2-3-5-15(14)18(20)21;1-3-5-7-9-11-13-15-17-19-20-18-16-14-12-10-8-6-4-2;1-3-5-4-2;;;;;;;;/h2-6,9,13,18H,7-8,10-12,21H2,1H3;1-2H3;(H3,1,2,5);8*1H/t18-;;;;;;;;;;/m1........../s1. The van der Waals surface area contributed by atoms with Crippen LogP contribution in [0.15, 0.2) is 58.5 Å². The van der Waals surface area contributed by atoms with Crippen LogP contribution >= 0.6 is 0 Å². The smallest absolute Gasteiger partial charge is 0.154 e. The zero-order valence-corrected chi connectivity index (χ0v) is 27.9. The topological polar surface area (TPSA) is 147 Å². The number of aryl methyl sites for hydroxylation is 1. The van der Waals surface area contributed by atoms with Crippen LogP contribution in [0, 0.1) is 118 Å². The fourth-order valence-corrected chi connectivity index (χ4v) is 5.37. The van der Waals surface area contributed by atoms with Crippen LogP contribution in [0.1, 0.15) is 55.3 Å². The zero-order valence-electron chi connectivity index (χ0n) is 27.9. The molecule has 10 heteroatoms. The molecular weight excluding hydrogens is 621 g/mol. The molecule has 2 aromatic heterocycles. The first kappa shape index (κ1) is 37.1. The van der Waals surface area contributed by atoms with Gasteiger partial charge in [0.05, 0.1) is 11.8 Å². The minimum atomic E-state index is 0. The largest absolute Gasteiger partial charge is 0.355 e. The molecule has 0 radical (unpaired) electrons. The van der Waals surface area contributed by atoms with Crippen LogP contribution in [0.3, 0.4) is 0 Å². The van der Waals surface area contributed by atoms with Crippen molar-refractivity contribution in [3.63, 3.8) is 0 Å². The average molecular weight is 669 g/mol. The molecule has 5 N–H and O–H groups in total. The predicted octanol–water partition coefficient (Wildman–Crippen LogP) is 6.09. The highest BCUT2D eigenvalue weighted by atomic mass is 15.5. The van der Waals surface area contributed by atoms with Crippen molar-refractivity contribution < 1.29 is 11.4 Å². The van der Waals surface area contributed by atoms with Crippen LogP contribution in [0.5, 0.6) is 0 Å². The van der Waals surface area contributed by atoms with Crippen molar-refractivity contribution in [1.29, 1.82) is 5.53 Å². The summed E-state index contributed by atoms with van der Waals surface area (Å²) in [5, 5.41) is 7.73. The third kappa shape index (κ3) is 10.9. The van der Waals surface area contributed by atoms with E-state index in [9.17, 15) is 0 Å². The highest BCUT2D eigenvalue weighted by Crippen LogP contribution is 2.51. The number of nitrogens with one attached hydrogen (secondary N) is 1. The molecule has 1 aliphatic heterocycles. The van der Waals surface area contributed by atoms with Gasteiger partial charge in [-0.2, -0.15) is 5.53 Å². The van der Waals surface area contributed by atoms with Gasteiger partial charge in [0.25, 0.3) is 0 Å². The zero-order chi connectivity index (χ0) is 35.9. The summed E-state index contributed by atoms with van der Waals surface area (Å²) in [7, 11) is 2.04. The predicted molar refractivity (Wildman–Crippen MR) is 212 cm³/mol. The molecule has 1 saturated heterocycles.